The van der Waals surface area contributed by atoms with E-state index in [4.69, 9.17) is 11.6 Å². The predicted octanol–water partition coefficient (Wildman–Crippen LogP) is 5.26. The first-order valence-electron chi connectivity index (χ1n) is 8.32. The first kappa shape index (κ1) is 19.0. The molecule has 24 heavy (non-hydrogen) atoms. The van der Waals surface area contributed by atoms with Gasteiger partial charge in [-0.2, -0.15) is 0 Å². The molecule has 0 fully saturated rings. The summed E-state index contributed by atoms with van der Waals surface area (Å²) in [7, 11) is -3.45. The summed E-state index contributed by atoms with van der Waals surface area (Å²) in [6, 6.07) is 12.7. The second kappa shape index (κ2) is 7.28. The van der Waals surface area contributed by atoms with E-state index in [0.717, 1.165) is 18.4 Å². The molecule has 0 bridgehead atoms. The molecule has 0 saturated heterocycles. The summed E-state index contributed by atoms with van der Waals surface area (Å²) < 4.78 is 25.1. The molecule has 2 aromatic carbocycles. The Kier molecular flexibility index (Phi) is 5.77. The maximum absolute atomic E-state index is 13.0. The minimum atomic E-state index is -3.45. The smallest absolute Gasteiger partial charge is 0.183 e. The Labute approximate surface area is 150 Å². The first-order valence-corrected chi connectivity index (χ1v) is 10.2. The van der Waals surface area contributed by atoms with E-state index in [-0.39, 0.29) is 0 Å². The van der Waals surface area contributed by atoms with Crippen molar-refractivity contribution < 1.29 is 8.42 Å². The summed E-state index contributed by atoms with van der Waals surface area (Å²) in [4.78, 5) is 0.354. The summed E-state index contributed by atoms with van der Waals surface area (Å²) in [5, 5.41) is 0.653. The zero-order valence-corrected chi connectivity index (χ0v) is 16.3. The third-order valence-electron chi connectivity index (χ3n) is 4.53. The molecule has 2 rings (SSSR count). The lowest BCUT2D eigenvalue weighted by Crippen LogP contribution is -2.34. The number of hydrogen-bond acceptors (Lipinski definition) is 2. The highest BCUT2D eigenvalue weighted by Gasteiger charge is 2.36. The van der Waals surface area contributed by atoms with Crippen LogP contribution in [0.25, 0.3) is 0 Å². The Morgan fingerprint density at radius 3 is 2.00 bits per heavy atom. The van der Waals surface area contributed by atoms with Crippen LogP contribution in [0, 0.1) is 0 Å². The molecule has 0 N–H and O–H groups in total. The van der Waals surface area contributed by atoms with Crippen molar-refractivity contribution in [2.45, 2.75) is 56.6 Å². The Bertz CT molecular complexity index is 809. The zero-order valence-electron chi connectivity index (χ0n) is 14.8. The Hall–Kier alpha value is -1.32. The number of benzene rings is 2. The lowest BCUT2D eigenvalue weighted by Gasteiger charge is -2.26. The van der Waals surface area contributed by atoms with Crippen LogP contribution in [-0.4, -0.2) is 13.2 Å². The molecule has 130 valence electrons. The van der Waals surface area contributed by atoms with Crippen molar-refractivity contribution in [2.24, 2.45) is 0 Å². The van der Waals surface area contributed by atoms with Gasteiger partial charge in [0.2, 0.25) is 0 Å². The van der Waals surface area contributed by atoms with Gasteiger partial charge in [0.1, 0.15) is 0 Å². The van der Waals surface area contributed by atoms with E-state index in [1.165, 1.54) is 11.1 Å². The maximum atomic E-state index is 13.0. The van der Waals surface area contributed by atoms with E-state index in [0.29, 0.717) is 16.3 Å². The maximum Gasteiger partial charge on any atom is 0.183 e. The lowest BCUT2D eigenvalue weighted by molar-refractivity contribution is 0.544. The summed E-state index contributed by atoms with van der Waals surface area (Å²) in [6.07, 6.45) is 2.23. The fourth-order valence-corrected chi connectivity index (χ4v) is 4.73. The molecule has 0 aliphatic carbocycles. The monoisotopic (exact) mass is 364 g/mol. The van der Waals surface area contributed by atoms with Crippen LogP contribution in [0.4, 0.5) is 0 Å². The van der Waals surface area contributed by atoms with Gasteiger partial charge in [-0.05, 0) is 68.0 Å². The molecule has 0 aliphatic rings. The molecule has 0 aromatic heterocycles. The first-order chi connectivity index (χ1) is 11.2. The molecule has 0 unspecified atom stereocenters. The molecule has 4 heteroatoms. The Balaban J connectivity index is 2.43. The highest BCUT2D eigenvalue weighted by atomic mass is 35.5. The standard InChI is InChI=1S/C20H25ClO2S/c1-5-15-12-17(19(21)13-16(15)6-2)14-20(3,4)24(22,23)18-10-8-7-9-11-18/h7-13H,5-6,14H2,1-4H3. The summed E-state index contributed by atoms with van der Waals surface area (Å²) in [6.45, 7) is 7.75. The highest BCUT2D eigenvalue weighted by Crippen LogP contribution is 2.32. The molecule has 0 amide bonds. The van der Waals surface area contributed by atoms with E-state index in [1.54, 1.807) is 38.1 Å². The van der Waals surface area contributed by atoms with Crippen LogP contribution in [0.15, 0.2) is 47.4 Å². The van der Waals surface area contributed by atoms with E-state index in [9.17, 15) is 8.42 Å². The normalized spacial score (nSPS) is 12.4. The van der Waals surface area contributed by atoms with Gasteiger partial charge in [-0.15, -0.1) is 0 Å². The molecule has 2 aromatic rings. The van der Waals surface area contributed by atoms with E-state index in [2.05, 4.69) is 19.9 Å². The van der Waals surface area contributed by atoms with Crippen molar-refractivity contribution in [2.75, 3.05) is 0 Å². The molecule has 0 aliphatic heterocycles. The van der Waals surface area contributed by atoms with Gasteiger partial charge in [0.15, 0.2) is 9.84 Å². The van der Waals surface area contributed by atoms with Crippen LogP contribution in [0.1, 0.15) is 44.4 Å². The predicted molar refractivity (Wildman–Crippen MR) is 102 cm³/mol. The Morgan fingerprint density at radius 1 is 0.917 bits per heavy atom. The molecule has 2 nitrogen and oxygen atoms in total. The van der Waals surface area contributed by atoms with Gasteiger partial charge < -0.3 is 0 Å². The van der Waals surface area contributed by atoms with E-state index < -0.39 is 14.6 Å². The fourth-order valence-electron chi connectivity index (χ4n) is 2.98. The minimum absolute atomic E-state index is 0.354. The number of aryl methyl sites for hydroxylation is 2. The largest absolute Gasteiger partial charge is 0.223 e. The van der Waals surface area contributed by atoms with Gasteiger partial charge in [-0.25, -0.2) is 8.42 Å². The average Bonchev–Trinajstić information content (AvgIpc) is 2.56. The van der Waals surface area contributed by atoms with Crippen LogP contribution in [-0.2, 0) is 29.1 Å². The van der Waals surface area contributed by atoms with E-state index in [1.807, 2.05) is 12.1 Å². The third-order valence-corrected chi connectivity index (χ3v) is 7.37. The Morgan fingerprint density at radius 2 is 1.46 bits per heavy atom. The van der Waals surface area contributed by atoms with Crippen LogP contribution in [0.2, 0.25) is 5.02 Å². The number of hydrogen-bond donors (Lipinski definition) is 0. The molecule has 0 saturated carbocycles. The minimum Gasteiger partial charge on any atom is -0.223 e. The third kappa shape index (κ3) is 3.68. The van der Waals surface area contributed by atoms with Crippen molar-refractivity contribution in [1.82, 2.24) is 0 Å². The van der Waals surface area contributed by atoms with Gasteiger partial charge in [0.05, 0.1) is 9.64 Å². The van der Waals surface area contributed by atoms with Gasteiger partial charge in [0, 0.05) is 5.02 Å². The van der Waals surface area contributed by atoms with Crippen LogP contribution in [0.3, 0.4) is 0 Å². The van der Waals surface area contributed by atoms with Crippen LogP contribution < -0.4 is 0 Å². The second-order valence-corrected chi connectivity index (χ2v) is 9.66. The zero-order chi connectivity index (χ0) is 18.0. The van der Waals surface area contributed by atoms with Gasteiger partial charge in [-0.1, -0.05) is 49.7 Å². The summed E-state index contributed by atoms with van der Waals surface area (Å²) in [5.74, 6) is 0. The van der Waals surface area contributed by atoms with Gasteiger partial charge in [-0.3, -0.25) is 0 Å². The molecule has 0 heterocycles. The SMILES string of the molecule is CCc1cc(Cl)c(CC(C)(C)S(=O)(=O)c2ccccc2)cc1CC. The second-order valence-electron chi connectivity index (χ2n) is 6.67. The quantitative estimate of drug-likeness (QED) is 0.700. The van der Waals surface area contributed by atoms with E-state index >= 15 is 0 Å². The van der Waals surface area contributed by atoms with Crippen molar-refractivity contribution in [3.63, 3.8) is 0 Å². The molecule has 0 spiro atoms. The summed E-state index contributed by atoms with van der Waals surface area (Å²) in [5.41, 5.74) is 3.37. The lowest BCUT2D eigenvalue weighted by atomic mass is 9.95. The van der Waals surface area contributed by atoms with Crippen molar-refractivity contribution >= 4 is 21.4 Å². The van der Waals surface area contributed by atoms with Crippen molar-refractivity contribution in [3.8, 4) is 0 Å². The van der Waals surface area contributed by atoms with Gasteiger partial charge >= 0.3 is 0 Å². The van der Waals surface area contributed by atoms with Gasteiger partial charge in [0.25, 0.3) is 0 Å². The molecule has 0 atom stereocenters. The average molecular weight is 365 g/mol. The number of sulfone groups is 1. The highest BCUT2D eigenvalue weighted by molar-refractivity contribution is 7.92. The topological polar surface area (TPSA) is 34.1 Å². The van der Waals surface area contributed by atoms with Crippen LogP contribution in [0.5, 0.6) is 0 Å². The molecular weight excluding hydrogens is 340 g/mol. The molecular formula is C20H25ClO2S. The number of halogens is 1. The number of rotatable bonds is 6. The van der Waals surface area contributed by atoms with Crippen molar-refractivity contribution in [3.05, 3.63) is 64.2 Å². The van der Waals surface area contributed by atoms with Crippen molar-refractivity contribution in [1.29, 1.82) is 0 Å². The summed E-state index contributed by atoms with van der Waals surface area (Å²) >= 11 is 6.44. The van der Waals surface area contributed by atoms with Crippen LogP contribution >= 0.6 is 11.6 Å². The molecule has 0 radical (unpaired) electrons. The fraction of sp³-hybridized carbons (Fsp3) is 0.400.